The first-order valence-corrected chi connectivity index (χ1v) is 9.09. The Morgan fingerprint density at radius 2 is 2.15 bits per heavy atom. The zero-order valence-electron chi connectivity index (χ0n) is 11.9. The lowest BCUT2D eigenvalue weighted by Crippen LogP contribution is -2.34. The molecule has 108 valence electrons. The minimum absolute atomic E-state index is 0.148. The van der Waals surface area contributed by atoms with Crippen molar-refractivity contribution in [3.8, 4) is 0 Å². The van der Waals surface area contributed by atoms with Crippen LogP contribution < -0.4 is 5.32 Å². The molecule has 5 heteroatoms. The number of thioether (sulfide) groups is 1. The fraction of sp³-hybridized carbons (Fsp3) is 0.400. The summed E-state index contributed by atoms with van der Waals surface area (Å²) in [7, 11) is 0. The molecule has 2 nitrogen and oxygen atoms in total. The van der Waals surface area contributed by atoms with Crippen molar-refractivity contribution in [2.24, 2.45) is 0 Å². The Morgan fingerprint density at radius 1 is 1.35 bits per heavy atom. The van der Waals surface area contributed by atoms with Crippen LogP contribution in [0.25, 0.3) is 0 Å². The Kier molecular flexibility index (Phi) is 5.66. The number of hydrogen-bond donors (Lipinski definition) is 1. The Morgan fingerprint density at radius 3 is 2.85 bits per heavy atom. The summed E-state index contributed by atoms with van der Waals surface area (Å²) in [5.74, 6) is 0.927. The molecule has 1 aromatic carbocycles. The van der Waals surface area contributed by atoms with E-state index < -0.39 is 0 Å². The number of halogens is 1. The van der Waals surface area contributed by atoms with E-state index in [0.29, 0.717) is 0 Å². The van der Waals surface area contributed by atoms with Crippen molar-refractivity contribution in [2.45, 2.75) is 43.5 Å². The molecule has 2 aromatic rings. The highest BCUT2D eigenvalue weighted by Crippen LogP contribution is 2.27. The molecule has 0 saturated heterocycles. The van der Waals surface area contributed by atoms with Gasteiger partial charge in [0.2, 0.25) is 0 Å². The SMILES string of the molecule is CC(C)(C)NCc1cnc(CSc2cccc(Br)c2)s1. The molecule has 0 amide bonds. The molecular weight excluding hydrogens is 352 g/mol. The number of rotatable bonds is 5. The average Bonchev–Trinajstić information content (AvgIpc) is 2.81. The van der Waals surface area contributed by atoms with E-state index in [1.807, 2.05) is 24.0 Å². The maximum Gasteiger partial charge on any atom is 0.103 e. The fourth-order valence-electron chi connectivity index (χ4n) is 1.55. The van der Waals surface area contributed by atoms with Crippen molar-refractivity contribution < 1.29 is 0 Å². The van der Waals surface area contributed by atoms with Gasteiger partial charge in [0.25, 0.3) is 0 Å². The maximum atomic E-state index is 4.50. The molecule has 1 heterocycles. The normalized spacial score (nSPS) is 11.8. The van der Waals surface area contributed by atoms with E-state index in [1.165, 1.54) is 14.8 Å². The van der Waals surface area contributed by atoms with Crippen LogP contribution in [-0.4, -0.2) is 10.5 Å². The van der Waals surface area contributed by atoms with Crippen molar-refractivity contribution in [1.29, 1.82) is 0 Å². The molecule has 0 bridgehead atoms. The predicted octanol–water partition coefficient (Wildman–Crippen LogP) is 5.09. The second-order valence-corrected chi connectivity index (χ2v) is 8.73. The molecule has 20 heavy (non-hydrogen) atoms. The third-order valence-corrected chi connectivity index (χ3v) is 5.23. The smallest absolute Gasteiger partial charge is 0.103 e. The number of thiazole rings is 1. The van der Waals surface area contributed by atoms with E-state index >= 15 is 0 Å². The highest BCUT2D eigenvalue weighted by atomic mass is 79.9. The molecule has 0 aliphatic heterocycles. The van der Waals surface area contributed by atoms with E-state index in [1.54, 1.807) is 11.3 Å². The van der Waals surface area contributed by atoms with Crippen LogP contribution in [0.15, 0.2) is 39.8 Å². The second-order valence-electron chi connectivity index (χ2n) is 5.57. The minimum Gasteiger partial charge on any atom is -0.307 e. The van der Waals surface area contributed by atoms with E-state index in [-0.39, 0.29) is 5.54 Å². The Balaban J connectivity index is 1.87. The van der Waals surface area contributed by atoms with Crippen LogP contribution in [0.1, 0.15) is 30.7 Å². The van der Waals surface area contributed by atoms with Gasteiger partial charge in [-0.15, -0.1) is 23.1 Å². The molecule has 1 aromatic heterocycles. The first kappa shape index (κ1) is 16.0. The van der Waals surface area contributed by atoms with Crippen LogP contribution >= 0.6 is 39.0 Å². The molecule has 1 N–H and O–H groups in total. The van der Waals surface area contributed by atoms with Gasteiger partial charge in [-0.3, -0.25) is 0 Å². The summed E-state index contributed by atoms with van der Waals surface area (Å²) in [4.78, 5) is 7.06. The third kappa shape index (κ3) is 5.56. The molecule has 2 rings (SSSR count). The highest BCUT2D eigenvalue weighted by molar-refractivity contribution is 9.10. The molecule has 0 radical (unpaired) electrons. The summed E-state index contributed by atoms with van der Waals surface area (Å²) in [6.07, 6.45) is 1.99. The number of nitrogens with one attached hydrogen (secondary N) is 1. The maximum absolute atomic E-state index is 4.50. The predicted molar refractivity (Wildman–Crippen MR) is 92.4 cm³/mol. The lowest BCUT2D eigenvalue weighted by Gasteiger charge is -2.19. The average molecular weight is 371 g/mol. The Labute approximate surface area is 137 Å². The highest BCUT2D eigenvalue weighted by Gasteiger charge is 2.10. The van der Waals surface area contributed by atoms with Gasteiger partial charge in [-0.25, -0.2) is 4.98 Å². The van der Waals surface area contributed by atoms with Gasteiger partial charge in [0, 0.05) is 32.5 Å². The van der Waals surface area contributed by atoms with E-state index in [0.717, 1.165) is 16.8 Å². The lowest BCUT2D eigenvalue weighted by atomic mass is 10.1. The Hall–Kier alpha value is -0.360. The molecular formula is C15H19BrN2S2. The van der Waals surface area contributed by atoms with Crippen LogP contribution in [-0.2, 0) is 12.3 Å². The van der Waals surface area contributed by atoms with Crippen LogP contribution in [0.4, 0.5) is 0 Å². The van der Waals surface area contributed by atoms with Gasteiger partial charge >= 0.3 is 0 Å². The van der Waals surface area contributed by atoms with Crippen molar-refractivity contribution in [3.05, 3.63) is 44.8 Å². The Bertz CT molecular complexity index is 561. The summed E-state index contributed by atoms with van der Waals surface area (Å²) in [5.41, 5.74) is 0.148. The van der Waals surface area contributed by atoms with Crippen LogP contribution in [0.5, 0.6) is 0 Å². The summed E-state index contributed by atoms with van der Waals surface area (Å²) in [6, 6.07) is 8.38. The molecule has 0 spiro atoms. The standard InChI is InChI=1S/C15H19BrN2S2/c1-15(2,3)18-9-13-8-17-14(20-13)10-19-12-6-4-5-11(16)7-12/h4-8,18H,9-10H2,1-3H3. The molecule has 0 saturated carbocycles. The molecule has 0 atom stereocenters. The van der Waals surface area contributed by atoms with Crippen LogP contribution in [0.3, 0.4) is 0 Å². The molecule has 0 aliphatic carbocycles. The van der Waals surface area contributed by atoms with E-state index in [2.05, 4.69) is 65.2 Å². The second kappa shape index (κ2) is 7.07. The van der Waals surface area contributed by atoms with Crippen LogP contribution in [0, 0.1) is 0 Å². The summed E-state index contributed by atoms with van der Waals surface area (Å²) in [5, 5.41) is 4.67. The number of aromatic nitrogens is 1. The topological polar surface area (TPSA) is 24.9 Å². The van der Waals surface area contributed by atoms with Crippen molar-refractivity contribution >= 4 is 39.0 Å². The van der Waals surface area contributed by atoms with Crippen molar-refractivity contribution in [2.75, 3.05) is 0 Å². The third-order valence-electron chi connectivity index (χ3n) is 2.55. The minimum atomic E-state index is 0.148. The number of hydrogen-bond acceptors (Lipinski definition) is 4. The van der Waals surface area contributed by atoms with Crippen LogP contribution in [0.2, 0.25) is 0 Å². The van der Waals surface area contributed by atoms with Gasteiger partial charge in [-0.05, 0) is 39.0 Å². The molecule has 0 aliphatic rings. The quantitative estimate of drug-likeness (QED) is 0.742. The monoisotopic (exact) mass is 370 g/mol. The summed E-state index contributed by atoms with van der Waals surface area (Å²) in [6.45, 7) is 7.43. The van der Waals surface area contributed by atoms with Crippen molar-refractivity contribution in [1.82, 2.24) is 10.3 Å². The summed E-state index contributed by atoms with van der Waals surface area (Å²) >= 11 is 7.11. The van der Waals surface area contributed by atoms with Gasteiger partial charge in [0.15, 0.2) is 0 Å². The van der Waals surface area contributed by atoms with Gasteiger partial charge in [-0.2, -0.15) is 0 Å². The molecule has 0 fully saturated rings. The fourth-order valence-corrected chi connectivity index (χ4v) is 3.92. The van der Waals surface area contributed by atoms with Gasteiger partial charge in [0.1, 0.15) is 5.01 Å². The number of benzene rings is 1. The van der Waals surface area contributed by atoms with Gasteiger partial charge < -0.3 is 5.32 Å². The lowest BCUT2D eigenvalue weighted by molar-refractivity contribution is 0.426. The van der Waals surface area contributed by atoms with Gasteiger partial charge in [-0.1, -0.05) is 22.0 Å². The first-order chi connectivity index (χ1) is 9.42. The first-order valence-electron chi connectivity index (χ1n) is 6.49. The largest absolute Gasteiger partial charge is 0.307 e. The van der Waals surface area contributed by atoms with E-state index in [9.17, 15) is 0 Å². The van der Waals surface area contributed by atoms with E-state index in [4.69, 9.17) is 0 Å². The zero-order valence-corrected chi connectivity index (χ0v) is 15.2. The van der Waals surface area contributed by atoms with Gasteiger partial charge in [0.05, 0.1) is 5.75 Å². The zero-order chi connectivity index (χ0) is 14.6. The molecule has 0 unspecified atom stereocenters. The van der Waals surface area contributed by atoms with Crippen molar-refractivity contribution in [3.63, 3.8) is 0 Å². The number of nitrogens with zero attached hydrogens (tertiary/aromatic N) is 1. The summed E-state index contributed by atoms with van der Waals surface area (Å²) < 4.78 is 1.12.